The Balaban J connectivity index is 1.06. The second-order valence-corrected chi connectivity index (χ2v) is 14.3. The number of benzene rings is 8. The first kappa shape index (κ1) is 27.6. The highest BCUT2D eigenvalue weighted by atomic mass is 32.1. The van der Waals surface area contributed by atoms with Crippen molar-refractivity contribution in [1.82, 2.24) is 15.0 Å². The zero-order chi connectivity index (χ0) is 40.9. The normalized spacial score (nSPS) is 12.5. The van der Waals surface area contributed by atoms with E-state index in [0.29, 0.717) is 17.2 Å². The van der Waals surface area contributed by atoms with E-state index in [1.165, 1.54) is 11.1 Å². The van der Waals surface area contributed by atoms with Gasteiger partial charge in [-0.05, 0) is 62.7 Å². The van der Waals surface area contributed by atoms with E-state index >= 15 is 0 Å². The van der Waals surface area contributed by atoms with E-state index in [9.17, 15) is 0 Å². The topological polar surface area (TPSA) is 38.7 Å². The van der Waals surface area contributed by atoms with Crippen LogP contribution < -0.4 is 0 Å². The van der Waals surface area contributed by atoms with Gasteiger partial charge in [0.15, 0.2) is 17.5 Å². The average molecular weight is 725 g/mol. The van der Waals surface area contributed by atoms with Crippen molar-refractivity contribution in [1.29, 1.82) is 0 Å². The second kappa shape index (κ2) is 14.1. The molecule has 3 nitrogen and oxygen atoms in total. The number of hydrogen-bond donors (Lipinski definition) is 0. The summed E-state index contributed by atoms with van der Waals surface area (Å²) >= 11 is 1.65. The van der Waals surface area contributed by atoms with Gasteiger partial charge in [0.1, 0.15) is 0 Å². The molecule has 10 aromatic rings. The van der Waals surface area contributed by atoms with Crippen LogP contribution >= 0.6 is 11.3 Å². The minimum atomic E-state index is -0.474. The fourth-order valence-electron chi connectivity index (χ4n) is 7.06. The van der Waals surface area contributed by atoms with E-state index in [2.05, 4.69) is 97.1 Å². The molecule has 0 amide bonds. The molecule has 0 radical (unpaired) electrons. The predicted octanol–water partition coefficient (Wildman–Crippen LogP) is 13.9. The minimum Gasteiger partial charge on any atom is -0.208 e. The second-order valence-electron chi connectivity index (χ2n) is 13.3. The third-order valence-corrected chi connectivity index (χ3v) is 11.1. The van der Waals surface area contributed by atoms with E-state index in [-0.39, 0.29) is 23.5 Å². The van der Waals surface area contributed by atoms with Gasteiger partial charge in [-0.1, -0.05) is 182 Å². The Morgan fingerprint density at radius 2 is 0.818 bits per heavy atom. The summed E-state index contributed by atoms with van der Waals surface area (Å²) in [5.74, 6) is 0.681. The number of fused-ring (bicyclic) bond motifs is 3. The van der Waals surface area contributed by atoms with Gasteiger partial charge in [-0.2, -0.15) is 0 Å². The first-order valence-electron chi connectivity index (χ1n) is 20.5. The number of rotatable bonds is 7. The molecular formula is C51H33N3S. The Morgan fingerprint density at radius 3 is 1.47 bits per heavy atom. The van der Waals surface area contributed by atoms with Gasteiger partial charge < -0.3 is 0 Å². The van der Waals surface area contributed by atoms with Crippen LogP contribution in [0.15, 0.2) is 200 Å². The van der Waals surface area contributed by atoms with Crippen molar-refractivity contribution < 1.29 is 6.85 Å². The number of thiophene rings is 1. The van der Waals surface area contributed by atoms with Crippen molar-refractivity contribution in [3.63, 3.8) is 0 Å². The molecule has 258 valence electrons. The molecule has 0 fully saturated rings. The van der Waals surface area contributed by atoms with Crippen molar-refractivity contribution in [3.8, 4) is 78.7 Å². The summed E-state index contributed by atoms with van der Waals surface area (Å²) in [5, 5.41) is 2.15. The summed E-state index contributed by atoms with van der Waals surface area (Å²) in [6.07, 6.45) is 0. The number of hydrogen-bond acceptors (Lipinski definition) is 4. The number of aromatic nitrogens is 3. The van der Waals surface area contributed by atoms with Crippen LogP contribution in [0.3, 0.4) is 0 Å². The molecule has 0 unspecified atom stereocenters. The summed E-state index contributed by atoms with van der Waals surface area (Å²) in [7, 11) is 0. The molecule has 4 heteroatoms. The molecule has 0 atom stereocenters. The van der Waals surface area contributed by atoms with Crippen LogP contribution in [0.1, 0.15) is 6.85 Å². The third-order valence-electron chi connectivity index (χ3n) is 9.87. The van der Waals surface area contributed by atoms with E-state index in [4.69, 9.17) is 21.8 Å². The SMILES string of the molecule is [2H]c1c([2H])c([2H])c(-c2nc(-c3cccc(-c4ccccc4)c3)nc(-c3cccc4c3sc3cc(-c5ccc(-c6ccc(-c7ccccc7)cc6)cc5)ccc34)n2)c([2H])c1[2H]. The minimum absolute atomic E-state index is 0.00750. The van der Waals surface area contributed by atoms with Gasteiger partial charge in [0.25, 0.3) is 0 Å². The van der Waals surface area contributed by atoms with Gasteiger partial charge in [0, 0.05) is 36.9 Å². The fraction of sp³-hybridized carbons (Fsp3) is 0. The van der Waals surface area contributed by atoms with Crippen LogP contribution in [-0.4, -0.2) is 15.0 Å². The quantitative estimate of drug-likeness (QED) is 0.164. The lowest BCUT2D eigenvalue weighted by Gasteiger charge is -2.10. The van der Waals surface area contributed by atoms with Gasteiger partial charge in [0.05, 0.1) is 6.85 Å². The first-order valence-corrected chi connectivity index (χ1v) is 18.8. The van der Waals surface area contributed by atoms with Crippen molar-refractivity contribution in [3.05, 3.63) is 200 Å². The van der Waals surface area contributed by atoms with Crippen LogP contribution in [-0.2, 0) is 0 Å². The molecule has 2 aromatic heterocycles. The molecule has 10 rings (SSSR count). The Labute approximate surface area is 331 Å². The Bertz CT molecular complexity index is 3210. The van der Waals surface area contributed by atoms with Crippen molar-refractivity contribution in [2.75, 3.05) is 0 Å². The molecule has 0 aliphatic rings. The standard InChI is InChI=1S/C51H33N3S/c1-4-12-34(13-5-1)36-22-24-37(25-23-36)38-26-28-39(29-27-38)42-30-31-44-45-20-11-21-46(48(45)55-47(44)33-42)51-53-49(40-16-8-3-9-17-40)52-50(54-51)43-19-10-18-41(32-43)35-14-6-2-7-15-35/h1-33H/i3D,8D,9D,16D,17D. The Morgan fingerprint density at radius 1 is 0.345 bits per heavy atom. The molecule has 0 aliphatic carbocycles. The molecule has 0 saturated carbocycles. The molecule has 8 aromatic carbocycles. The summed E-state index contributed by atoms with van der Waals surface area (Å²) in [5.41, 5.74) is 10.3. The molecular weight excluding hydrogens is 687 g/mol. The van der Waals surface area contributed by atoms with Gasteiger partial charge >= 0.3 is 0 Å². The highest BCUT2D eigenvalue weighted by molar-refractivity contribution is 7.26. The van der Waals surface area contributed by atoms with Gasteiger partial charge in [-0.15, -0.1) is 11.3 Å². The lowest BCUT2D eigenvalue weighted by atomic mass is 9.97. The lowest BCUT2D eigenvalue weighted by molar-refractivity contribution is 1.08. The molecule has 0 bridgehead atoms. The summed E-state index contributed by atoms with van der Waals surface area (Å²) in [6, 6.07) is 56.1. The summed E-state index contributed by atoms with van der Waals surface area (Å²) in [6.45, 7) is 0. The molecule has 0 spiro atoms. The van der Waals surface area contributed by atoms with E-state index in [1.54, 1.807) is 11.3 Å². The van der Waals surface area contributed by atoms with Crippen LogP contribution in [0.5, 0.6) is 0 Å². The van der Waals surface area contributed by atoms with Crippen LogP contribution in [0.4, 0.5) is 0 Å². The van der Waals surface area contributed by atoms with Gasteiger partial charge in [0.2, 0.25) is 0 Å². The Hall–Kier alpha value is -7.01. The maximum absolute atomic E-state index is 8.79. The smallest absolute Gasteiger partial charge is 0.165 e. The largest absolute Gasteiger partial charge is 0.208 e. The van der Waals surface area contributed by atoms with E-state index < -0.39 is 18.1 Å². The highest BCUT2D eigenvalue weighted by Gasteiger charge is 2.17. The number of nitrogens with zero attached hydrogens (tertiary/aromatic N) is 3. The highest BCUT2D eigenvalue weighted by Crippen LogP contribution is 2.41. The van der Waals surface area contributed by atoms with Crippen molar-refractivity contribution >= 4 is 31.5 Å². The molecule has 0 N–H and O–H groups in total. The summed E-state index contributed by atoms with van der Waals surface area (Å²) in [4.78, 5) is 14.7. The third kappa shape index (κ3) is 6.39. The molecule has 55 heavy (non-hydrogen) atoms. The Kier molecular flexibility index (Phi) is 7.06. The van der Waals surface area contributed by atoms with E-state index in [0.717, 1.165) is 59.1 Å². The van der Waals surface area contributed by atoms with E-state index in [1.807, 2.05) is 72.8 Å². The molecule has 2 heterocycles. The van der Waals surface area contributed by atoms with Crippen LogP contribution in [0, 0.1) is 0 Å². The monoisotopic (exact) mass is 724 g/mol. The molecule has 0 saturated heterocycles. The predicted molar refractivity (Wildman–Crippen MR) is 231 cm³/mol. The van der Waals surface area contributed by atoms with Gasteiger partial charge in [-0.3, -0.25) is 0 Å². The van der Waals surface area contributed by atoms with Crippen LogP contribution in [0.2, 0.25) is 0 Å². The zero-order valence-electron chi connectivity index (χ0n) is 34.4. The zero-order valence-corrected chi connectivity index (χ0v) is 30.2. The molecule has 0 aliphatic heterocycles. The van der Waals surface area contributed by atoms with Crippen molar-refractivity contribution in [2.24, 2.45) is 0 Å². The van der Waals surface area contributed by atoms with Crippen molar-refractivity contribution in [2.45, 2.75) is 0 Å². The maximum atomic E-state index is 8.79. The maximum Gasteiger partial charge on any atom is 0.165 e. The summed E-state index contributed by atoms with van der Waals surface area (Å²) < 4.78 is 44.6. The average Bonchev–Trinajstić information content (AvgIpc) is 3.69. The van der Waals surface area contributed by atoms with Crippen LogP contribution in [0.25, 0.3) is 98.8 Å². The fourth-order valence-corrected chi connectivity index (χ4v) is 8.31. The lowest BCUT2D eigenvalue weighted by Crippen LogP contribution is -2.00. The first-order chi connectivity index (χ1) is 29.3. The van der Waals surface area contributed by atoms with Gasteiger partial charge in [-0.25, -0.2) is 15.0 Å².